The maximum Gasteiger partial charge on any atom is 0.349 e. The van der Waals surface area contributed by atoms with Crippen LogP contribution in [0.4, 0.5) is 10.7 Å². The third-order valence-corrected chi connectivity index (χ3v) is 5.50. The molecule has 0 bridgehead atoms. The second kappa shape index (κ2) is 8.93. The van der Waals surface area contributed by atoms with Crippen LogP contribution >= 0.6 is 22.9 Å². The van der Waals surface area contributed by atoms with Crippen molar-refractivity contribution < 1.29 is 23.5 Å². The summed E-state index contributed by atoms with van der Waals surface area (Å²) in [7, 11) is 0. The van der Waals surface area contributed by atoms with Crippen molar-refractivity contribution in [2.75, 3.05) is 17.2 Å². The van der Waals surface area contributed by atoms with Gasteiger partial charge in [-0.1, -0.05) is 17.7 Å². The highest BCUT2D eigenvalue weighted by Gasteiger charge is 2.19. The van der Waals surface area contributed by atoms with E-state index >= 15 is 0 Å². The van der Waals surface area contributed by atoms with Crippen molar-refractivity contribution in [1.29, 1.82) is 0 Å². The van der Waals surface area contributed by atoms with Gasteiger partial charge in [0, 0.05) is 10.7 Å². The van der Waals surface area contributed by atoms with Crippen LogP contribution in [0.5, 0.6) is 0 Å². The average molecular weight is 433 g/mol. The van der Waals surface area contributed by atoms with E-state index in [2.05, 4.69) is 10.6 Å². The lowest BCUT2D eigenvalue weighted by Gasteiger charge is -2.09. The predicted molar refractivity (Wildman–Crippen MR) is 111 cm³/mol. The van der Waals surface area contributed by atoms with Crippen molar-refractivity contribution in [2.24, 2.45) is 0 Å². The molecule has 3 aromatic rings. The van der Waals surface area contributed by atoms with Crippen LogP contribution in [0.15, 0.2) is 47.1 Å². The van der Waals surface area contributed by atoms with E-state index in [9.17, 15) is 14.4 Å². The second-order valence-electron chi connectivity index (χ2n) is 6.09. The van der Waals surface area contributed by atoms with Gasteiger partial charge in [-0.15, -0.1) is 11.3 Å². The molecule has 29 heavy (non-hydrogen) atoms. The Labute approximate surface area is 175 Å². The minimum absolute atomic E-state index is 0.160. The summed E-state index contributed by atoms with van der Waals surface area (Å²) < 4.78 is 10.1. The van der Waals surface area contributed by atoms with E-state index in [4.69, 9.17) is 20.8 Å². The van der Waals surface area contributed by atoms with Crippen molar-refractivity contribution in [3.63, 3.8) is 0 Å². The SMILES string of the molecule is Cc1cc(NC(=O)c2ccco2)sc1C(=O)OCC(=O)Nc1cccc(Cl)c1C. The summed E-state index contributed by atoms with van der Waals surface area (Å²) in [6.07, 6.45) is 1.40. The van der Waals surface area contributed by atoms with Gasteiger partial charge in [-0.25, -0.2) is 4.79 Å². The standard InChI is InChI=1S/C20H17ClN2O5S/c1-11-9-17(23-19(25)15-7-4-8-27-15)29-18(11)20(26)28-10-16(24)22-14-6-3-5-13(21)12(14)2/h3-9H,10H2,1-2H3,(H,22,24)(H,23,25). The van der Waals surface area contributed by atoms with E-state index in [1.54, 1.807) is 44.2 Å². The number of nitrogens with one attached hydrogen (secondary N) is 2. The van der Waals surface area contributed by atoms with E-state index < -0.39 is 24.4 Å². The van der Waals surface area contributed by atoms with Gasteiger partial charge in [0.1, 0.15) is 4.88 Å². The Hall–Kier alpha value is -3.10. The number of anilines is 2. The van der Waals surface area contributed by atoms with Gasteiger partial charge >= 0.3 is 5.97 Å². The molecule has 0 fully saturated rings. The quantitative estimate of drug-likeness (QED) is 0.552. The van der Waals surface area contributed by atoms with Crippen LogP contribution in [-0.2, 0) is 9.53 Å². The number of rotatable bonds is 6. The monoisotopic (exact) mass is 432 g/mol. The number of carbonyl (C=O) groups excluding carboxylic acids is 3. The fourth-order valence-electron chi connectivity index (χ4n) is 2.45. The topological polar surface area (TPSA) is 97.6 Å². The molecule has 2 heterocycles. The van der Waals surface area contributed by atoms with Crippen LogP contribution in [0.2, 0.25) is 5.02 Å². The predicted octanol–water partition coefficient (Wildman–Crippen LogP) is 4.66. The first-order valence-corrected chi connectivity index (χ1v) is 9.72. The molecule has 0 atom stereocenters. The van der Waals surface area contributed by atoms with E-state index in [0.717, 1.165) is 16.9 Å². The minimum Gasteiger partial charge on any atom is -0.459 e. The van der Waals surface area contributed by atoms with Crippen molar-refractivity contribution >= 4 is 51.4 Å². The Morgan fingerprint density at radius 2 is 1.93 bits per heavy atom. The van der Waals surface area contributed by atoms with Crippen LogP contribution in [0.3, 0.4) is 0 Å². The molecule has 150 valence electrons. The van der Waals surface area contributed by atoms with E-state index in [-0.39, 0.29) is 5.76 Å². The number of furan rings is 1. The molecule has 2 aromatic heterocycles. The normalized spacial score (nSPS) is 10.4. The van der Waals surface area contributed by atoms with Crippen LogP contribution < -0.4 is 10.6 Å². The zero-order chi connectivity index (χ0) is 21.0. The Morgan fingerprint density at radius 1 is 1.14 bits per heavy atom. The molecule has 0 saturated carbocycles. The van der Waals surface area contributed by atoms with Gasteiger partial charge in [-0.3, -0.25) is 9.59 Å². The lowest BCUT2D eigenvalue weighted by atomic mass is 10.2. The zero-order valence-corrected chi connectivity index (χ0v) is 17.1. The van der Waals surface area contributed by atoms with Crippen molar-refractivity contribution in [2.45, 2.75) is 13.8 Å². The lowest BCUT2D eigenvalue weighted by Crippen LogP contribution is -2.21. The highest BCUT2D eigenvalue weighted by Crippen LogP contribution is 2.28. The molecular formula is C20H17ClN2O5S. The maximum absolute atomic E-state index is 12.3. The van der Waals surface area contributed by atoms with Gasteiger partial charge < -0.3 is 19.8 Å². The first-order chi connectivity index (χ1) is 13.8. The Morgan fingerprint density at radius 3 is 2.66 bits per heavy atom. The summed E-state index contributed by atoms with van der Waals surface area (Å²) in [4.78, 5) is 36.7. The number of benzene rings is 1. The van der Waals surface area contributed by atoms with Crippen LogP contribution in [0.25, 0.3) is 0 Å². The van der Waals surface area contributed by atoms with Gasteiger partial charge in [0.2, 0.25) is 0 Å². The van der Waals surface area contributed by atoms with E-state index in [1.165, 1.54) is 12.3 Å². The molecule has 0 radical (unpaired) electrons. The number of hydrogen-bond donors (Lipinski definition) is 2. The molecule has 3 rings (SSSR count). The van der Waals surface area contributed by atoms with Gasteiger partial charge in [0.05, 0.1) is 11.3 Å². The van der Waals surface area contributed by atoms with Gasteiger partial charge in [-0.05, 0) is 55.3 Å². The molecule has 0 spiro atoms. The fourth-order valence-corrected chi connectivity index (χ4v) is 3.59. The number of hydrogen-bond acceptors (Lipinski definition) is 6. The summed E-state index contributed by atoms with van der Waals surface area (Å²) >= 11 is 7.08. The summed E-state index contributed by atoms with van der Waals surface area (Å²) in [5.74, 6) is -1.39. The van der Waals surface area contributed by atoms with Crippen molar-refractivity contribution in [3.05, 3.63) is 69.4 Å². The highest BCUT2D eigenvalue weighted by atomic mass is 35.5. The molecular weight excluding hydrogens is 416 g/mol. The number of halogens is 1. The van der Waals surface area contributed by atoms with Crippen molar-refractivity contribution in [3.8, 4) is 0 Å². The molecule has 1 aromatic carbocycles. The molecule has 0 saturated heterocycles. The molecule has 0 aliphatic heterocycles. The molecule has 2 N–H and O–H groups in total. The Balaban J connectivity index is 1.58. The second-order valence-corrected chi connectivity index (χ2v) is 7.55. The molecule has 9 heteroatoms. The zero-order valence-electron chi connectivity index (χ0n) is 15.6. The highest BCUT2D eigenvalue weighted by molar-refractivity contribution is 7.18. The molecule has 7 nitrogen and oxygen atoms in total. The summed E-state index contributed by atoms with van der Waals surface area (Å²) in [6, 6.07) is 9.92. The van der Waals surface area contributed by atoms with Gasteiger partial charge in [0.25, 0.3) is 11.8 Å². The number of esters is 1. The van der Waals surface area contributed by atoms with Crippen LogP contribution in [-0.4, -0.2) is 24.4 Å². The van der Waals surface area contributed by atoms with E-state index in [0.29, 0.717) is 26.2 Å². The first-order valence-electron chi connectivity index (χ1n) is 8.52. The van der Waals surface area contributed by atoms with Crippen molar-refractivity contribution in [1.82, 2.24) is 0 Å². The first kappa shape index (κ1) is 20.6. The molecule has 2 amide bonds. The summed E-state index contributed by atoms with van der Waals surface area (Å²) in [5, 5.41) is 6.30. The van der Waals surface area contributed by atoms with Crippen LogP contribution in [0, 0.1) is 13.8 Å². The molecule has 0 aliphatic rings. The largest absolute Gasteiger partial charge is 0.459 e. The molecule has 0 unspecified atom stereocenters. The third-order valence-electron chi connectivity index (χ3n) is 3.96. The summed E-state index contributed by atoms with van der Waals surface area (Å²) in [5.41, 5.74) is 1.90. The number of carbonyl (C=O) groups is 3. The maximum atomic E-state index is 12.3. The number of thiophene rings is 1. The smallest absolute Gasteiger partial charge is 0.349 e. The minimum atomic E-state index is -0.649. The number of aryl methyl sites for hydroxylation is 1. The third kappa shape index (κ3) is 5.04. The van der Waals surface area contributed by atoms with E-state index in [1.807, 2.05) is 0 Å². The number of ether oxygens (including phenoxy) is 1. The average Bonchev–Trinajstić information content (AvgIpc) is 3.33. The Bertz CT molecular complexity index is 1060. The van der Waals surface area contributed by atoms with Crippen LogP contribution in [0.1, 0.15) is 31.4 Å². The van der Waals surface area contributed by atoms with Gasteiger partial charge in [-0.2, -0.15) is 0 Å². The van der Waals surface area contributed by atoms with Gasteiger partial charge in [0.15, 0.2) is 12.4 Å². The fraction of sp³-hybridized carbons (Fsp3) is 0.150. The Kier molecular flexibility index (Phi) is 6.36. The number of amides is 2. The summed E-state index contributed by atoms with van der Waals surface area (Å²) in [6.45, 7) is 3.04. The molecule has 0 aliphatic carbocycles. The lowest BCUT2D eigenvalue weighted by molar-refractivity contribution is -0.119.